The van der Waals surface area contributed by atoms with Gasteiger partial charge in [-0.15, -0.1) is 0 Å². The van der Waals surface area contributed by atoms with E-state index in [0.29, 0.717) is 6.42 Å². The number of amides is 1. The second-order valence-electron chi connectivity index (χ2n) is 7.27. The number of aliphatic hydroxyl groups is 1. The number of aliphatic hydroxyl groups excluding tert-OH is 1. The Morgan fingerprint density at radius 2 is 1.61 bits per heavy atom. The first-order valence-electron chi connectivity index (χ1n) is 10.6. The number of carbonyl (C=O) groups excluding carboxylic acids is 1. The lowest BCUT2D eigenvalue weighted by Gasteiger charge is -2.30. The summed E-state index contributed by atoms with van der Waals surface area (Å²) in [6.45, 7) is 0.208. The SMILES string of the molecule is O=C(OCc1ccccc1)N(CCCOc1ccccc1[N+](=O)[O-])[C@@H](CO)c1ccccc1. The molecule has 3 aromatic carbocycles. The van der Waals surface area contributed by atoms with Gasteiger partial charge in [0.25, 0.3) is 0 Å². The molecular formula is C25H26N2O6. The molecule has 172 valence electrons. The molecule has 3 aromatic rings. The Morgan fingerprint density at radius 3 is 2.27 bits per heavy atom. The zero-order valence-electron chi connectivity index (χ0n) is 18.1. The molecule has 1 N–H and O–H groups in total. The van der Waals surface area contributed by atoms with Gasteiger partial charge in [-0.25, -0.2) is 4.79 Å². The topological polar surface area (TPSA) is 102 Å². The van der Waals surface area contributed by atoms with Crippen molar-refractivity contribution in [1.29, 1.82) is 0 Å². The second kappa shape index (κ2) is 12.2. The van der Waals surface area contributed by atoms with E-state index in [4.69, 9.17) is 9.47 Å². The highest BCUT2D eigenvalue weighted by molar-refractivity contribution is 5.68. The van der Waals surface area contributed by atoms with Gasteiger partial charge in [0.2, 0.25) is 0 Å². The van der Waals surface area contributed by atoms with Crippen molar-refractivity contribution in [3.63, 3.8) is 0 Å². The number of nitro benzene ring substituents is 1. The van der Waals surface area contributed by atoms with Crippen molar-refractivity contribution < 1.29 is 24.3 Å². The third-order valence-electron chi connectivity index (χ3n) is 5.04. The number of rotatable bonds is 11. The fraction of sp³-hybridized carbons (Fsp3) is 0.240. The summed E-state index contributed by atoms with van der Waals surface area (Å²) < 4.78 is 11.1. The minimum absolute atomic E-state index is 0.107. The van der Waals surface area contributed by atoms with E-state index in [1.807, 2.05) is 60.7 Å². The molecule has 8 nitrogen and oxygen atoms in total. The highest BCUT2D eigenvalue weighted by Crippen LogP contribution is 2.26. The molecule has 33 heavy (non-hydrogen) atoms. The van der Waals surface area contributed by atoms with Crippen molar-refractivity contribution in [2.24, 2.45) is 0 Å². The van der Waals surface area contributed by atoms with Crippen LogP contribution in [0.15, 0.2) is 84.9 Å². The molecule has 0 spiro atoms. The van der Waals surface area contributed by atoms with Crippen LogP contribution in [0.4, 0.5) is 10.5 Å². The van der Waals surface area contributed by atoms with E-state index >= 15 is 0 Å². The van der Waals surface area contributed by atoms with Crippen LogP contribution >= 0.6 is 0 Å². The van der Waals surface area contributed by atoms with Crippen LogP contribution in [0.1, 0.15) is 23.6 Å². The maximum atomic E-state index is 13.0. The van der Waals surface area contributed by atoms with E-state index < -0.39 is 17.1 Å². The Kier molecular flexibility index (Phi) is 8.79. The number of nitro groups is 1. The molecule has 0 unspecified atom stereocenters. The molecule has 8 heteroatoms. The number of ether oxygens (including phenoxy) is 2. The average molecular weight is 450 g/mol. The molecule has 1 atom stereocenters. The minimum Gasteiger partial charge on any atom is -0.487 e. The molecular weight excluding hydrogens is 424 g/mol. The first-order valence-corrected chi connectivity index (χ1v) is 10.6. The normalized spacial score (nSPS) is 11.4. The van der Waals surface area contributed by atoms with Crippen LogP contribution in [-0.2, 0) is 11.3 Å². The molecule has 0 saturated carbocycles. The predicted octanol–water partition coefficient (Wildman–Crippen LogP) is 4.74. The fourth-order valence-electron chi connectivity index (χ4n) is 3.38. The van der Waals surface area contributed by atoms with Crippen molar-refractivity contribution in [1.82, 2.24) is 4.90 Å². The minimum atomic E-state index is -0.597. The molecule has 0 aliphatic carbocycles. The lowest BCUT2D eigenvalue weighted by atomic mass is 10.1. The highest BCUT2D eigenvalue weighted by atomic mass is 16.6. The summed E-state index contributed by atoms with van der Waals surface area (Å²) in [7, 11) is 0. The van der Waals surface area contributed by atoms with Crippen molar-refractivity contribution in [2.45, 2.75) is 19.1 Å². The Balaban J connectivity index is 1.67. The fourth-order valence-corrected chi connectivity index (χ4v) is 3.38. The molecule has 0 fully saturated rings. The number of carbonyl (C=O) groups is 1. The molecule has 0 aromatic heterocycles. The number of benzene rings is 3. The van der Waals surface area contributed by atoms with Crippen LogP contribution in [0.2, 0.25) is 0 Å². The van der Waals surface area contributed by atoms with Crippen LogP contribution in [0, 0.1) is 10.1 Å². The zero-order chi connectivity index (χ0) is 23.5. The van der Waals surface area contributed by atoms with Gasteiger partial charge in [0.05, 0.1) is 24.2 Å². The number of nitrogens with zero attached hydrogens (tertiary/aromatic N) is 2. The molecule has 1 amide bonds. The third-order valence-corrected chi connectivity index (χ3v) is 5.04. The van der Waals surface area contributed by atoms with E-state index in [2.05, 4.69) is 0 Å². The summed E-state index contributed by atoms with van der Waals surface area (Å²) in [5.41, 5.74) is 1.51. The lowest BCUT2D eigenvalue weighted by Crippen LogP contribution is -2.38. The summed E-state index contributed by atoms with van der Waals surface area (Å²) in [4.78, 5) is 25.1. The average Bonchev–Trinajstić information content (AvgIpc) is 2.85. The summed E-state index contributed by atoms with van der Waals surface area (Å²) >= 11 is 0. The van der Waals surface area contributed by atoms with Gasteiger partial charge in [-0.1, -0.05) is 72.8 Å². The standard InChI is InChI=1S/C25H26N2O6/c28-18-23(21-12-5-2-6-13-21)26(25(29)33-19-20-10-3-1-4-11-20)16-9-17-32-24-15-8-7-14-22(24)27(30)31/h1-8,10-15,23,28H,9,16-19H2/t23-/m0/s1. The molecule has 0 radical (unpaired) electrons. The summed E-state index contributed by atoms with van der Waals surface area (Å²) in [5.74, 6) is 0.169. The lowest BCUT2D eigenvalue weighted by molar-refractivity contribution is -0.385. The van der Waals surface area contributed by atoms with Gasteiger partial charge in [0.1, 0.15) is 6.61 Å². The van der Waals surface area contributed by atoms with E-state index in [0.717, 1.165) is 11.1 Å². The van der Waals surface area contributed by atoms with Crippen LogP contribution in [0.25, 0.3) is 0 Å². The predicted molar refractivity (Wildman–Crippen MR) is 123 cm³/mol. The van der Waals surface area contributed by atoms with E-state index in [1.165, 1.54) is 17.0 Å². The number of para-hydroxylation sites is 2. The van der Waals surface area contributed by atoms with Gasteiger partial charge < -0.3 is 14.6 Å². The Morgan fingerprint density at radius 1 is 0.970 bits per heavy atom. The van der Waals surface area contributed by atoms with Gasteiger partial charge >= 0.3 is 11.8 Å². The van der Waals surface area contributed by atoms with Crippen molar-refractivity contribution >= 4 is 11.8 Å². The maximum Gasteiger partial charge on any atom is 0.410 e. The molecule has 0 aliphatic heterocycles. The van der Waals surface area contributed by atoms with E-state index in [9.17, 15) is 20.0 Å². The van der Waals surface area contributed by atoms with E-state index in [-0.39, 0.29) is 37.8 Å². The van der Waals surface area contributed by atoms with Crippen LogP contribution in [0.5, 0.6) is 5.75 Å². The first-order chi connectivity index (χ1) is 16.1. The molecule has 0 bridgehead atoms. The largest absolute Gasteiger partial charge is 0.487 e. The smallest absolute Gasteiger partial charge is 0.410 e. The Bertz CT molecular complexity index is 1030. The van der Waals surface area contributed by atoms with Crippen molar-refractivity contribution in [2.75, 3.05) is 19.8 Å². The Labute approximate surface area is 192 Å². The summed E-state index contributed by atoms with van der Waals surface area (Å²) in [5, 5.41) is 21.2. The van der Waals surface area contributed by atoms with Gasteiger partial charge in [0.15, 0.2) is 5.75 Å². The quantitative estimate of drug-likeness (QED) is 0.257. The third kappa shape index (κ3) is 6.78. The van der Waals surface area contributed by atoms with Crippen molar-refractivity contribution in [3.8, 4) is 5.75 Å². The molecule has 0 saturated heterocycles. The Hall–Kier alpha value is -3.91. The van der Waals surface area contributed by atoms with Crippen molar-refractivity contribution in [3.05, 3.63) is 106 Å². The summed E-state index contributed by atoms with van der Waals surface area (Å²) in [6, 6.07) is 24.1. The van der Waals surface area contributed by atoms with Gasteiger partial charge in [0, 0.05) is 12.6 Å². The number of hydrogen-bond acceptors (Lipinski definition) is 6. The van der Waals surface area contributed by atoms with Crippen LogP contribution < -0.4 is 4.74 Å². The van der Waals surface area contributed by atoms with Crippen LogP contribution in [0.3, 0.4) is 0 Å². The second-order valence-corrected chi connectivity index (χ2v) is 7.27. The highest BCUT2D eigenvalue weighted by Gasteiger charge is 2.26. The molecule has 0 heterocycles. The van der Waals surface area contributed by atoms with Crippen LogP contribution in [-0.4, -0.2) is 40.8 Å². The summed E-state index contributed by atoms with van der Waals surface area (Å²) in [6.07, 6.45) is -0.178. The zero-order valence-corrected chi connectivity index (χ0v) is 18.1. The first kappa shape index (κ1) is 23.7. The molecule has 3 rings (SSSR count). The monoisotopic (exact) mass is 450 g/mol. The van der Waals surface area contributed by atoms with Gasteiger partial charge in [-0.2, -0.15) is 0 Å². The van der Waals surface area contributed by atoms with E-state index in [1.54, 1.807) is 12.1 Å². The van der Waals surface area contributed by atoms with Gasteiger partial charge in [-0.3, -0.25) is 15.0 Å². The maximum absolute atomic E-state index is 13.0. The molecule has 0 aliphatic rings. The number of hydrogen-bond donors (Lipinski definition) is 1. The van der Waals surface area contributed by atoms with Gasteiger partial charge in [-0.05, 0) is 23.6 Å².